The summed E-state index contributed by atoms with van der Waals surface area (Å²) in [6.45, 7) is 7.14. The van der Waals surface area contributed by atoms with Crippen LogP contribution < -0.4 is 5.32 Å². The van der Waals surface area contributed by atoms with Gasteiger partial charge in [0.2, 0.25) is 5.91 Å². The lowest BCUT2D eigenvalue weighted by molar-refractivity contribution is -0.116. The van der Waals surface area contributed by atoms with Crippen LogP contribution in [0, 0.1) is 11.2 Å². The van der Waals surface area contributed by atoms with E-state index in [1.165, 1.54) is 17.7 Å². The quantitative estimate of drug-likeness (QED) is 0.907. The summed E-state index contributed by atoms with van der Waals surface area (Å²) in [6.07, 6.45) is 4.45. The van der Waals surface area contributed by atoms with Gasteiger partial charge >= 0.3 is 0 Å². The van der Waals surface area contributed by atoms with Gasteiger partial charge in [-0.25, -0.2) is 4.39 Å². The van der Waals surface area contributed by atoms with Gasteiger partial charge < -0.3 is 10.2 Å². The third-order valence-electron chi connectivity index (χ3n) is 4.93. The number of halogens is 1. The van der Waals surface area contributed by atoms with Gasteiger partial charge in [0.1, 0.15) is 5.82 Å². The SMILES string of the molecule is Cn1cc([C@H]2CN(CCC(=O)Nc3ccc(F)cc3)CC2(C)C)cn1. The first kappa shape index (κ1) is 17.6. The fraction of sp³-hybridized carbons (Fsp3) is 0.474. The fourth-order valence-electron chi connectivity index (χ4n) is 3.62. The van der Waals surface area contributed by atoms with Crippen LogP contribution >= 0.6 is 0 Å². The molecule has 2 heterocycles. The molecule has 1 aromatic heterocycles. The highest BCUT2D eigenvalue weighted by molar-refractivity contribution is 5.90. The Kier molecular flexibility index (Phi) is 4.90. The highest BCUT2D eigenvalue weighted by atomic mass is 19.1. The van der Waals surface area contributed by atoms with Crippen molar-refractivity contribution in [2.75, 3.05) is 25.0 Å². The number of hydrogen-bond acceptors (Lipinski definition) is 3. The minimum atomic E-state index is -0.307. The zero-order chi connectivity index (χ0) is 18.0. The van der Waals surface area contributed by atoms with Crippen molar-refractivity contribution in [3.8, 4) is 0 Å². The summed E-state index contributed by atoms with van der Waals surface area (Å²) >= 11 is 0. The summed E-state index contributed by atoms with van der Waals surface area (Å²) in [5, 5.41) is 7.10. The molecule has 3 rings (SSSR count). The van der Waals surface area contributed by atoms with Crippen molar-refractivity contribution in [2.24, 2.45) is 12.5 Å². The number of benzene rings is 1. The molecule has 0 saturated carbocycles. The number of hydrogen-bond donors (Lipinski definition) is 1. The average Bonchev–Trinajstić information content (AvgIpc) is 3.10. The Labute approximate surface area is 147 Å². The fourth-order valence-corrected chi connectivity index (χ4v) is 3.62. The van der Waals surface area contributed by atoms with Crippen LogP contribution in [0.4, 0.5) is 10.1 Å². The summed E-state index contributed by atoms with van der Waals surface area (Å²) in [4.78, 5) is 14.5. The normalized spacial score (nSPS) is 19.9. The topological polar surface area (TPSA) is 50.2 Å². The Morgan fingerprint density at radius 2 is 2.08 bits per heavy atom. The molecule has 1 fully saturated rings. The number of carbonyl (C=O) groups is 1. The second-order valence-corrected chi connectivity index (χ2v) is 7.53. The Morgan fingerprint density at radius 1 is 1.36 bits per heavy atom. The zero-order valence-electron chi connectivity index (χ0n) is 15.0. The van der Waals surface area contributed by atoms with Crippen molar-refractivity contribution in [2.45, 2.75) is 26.2 Å². The van der Waals surface area contributed by atoms with Crippen LogP contribution in [0.1, 0.15) is 31.7 Å². The first-order valence-electron chi connectivity index (χ1n) is 8.60. The minimum Gasteiger partial charge on any atom is -0.326 e. The Morgan fingerprint density at radius 3 is 2.72 bits per heavy atom. The molecule has 2 aromatic rings. The van der Waals surface area contributed by atoms with E-state index in [1.54, 1.807) is 12.1 Å². The first-order valence-corrected chi connectivity index (χ1v) is 8.60. The molecule has 25 heavy (non-hydrogen) atoms. The summed E-state index contributed by atoms with van der Waals surface area (Å²) in [5.74, 6) is 0.0642. The molecule has 1 aliphatic rings. The summed E-state index contributed by atoms with van der Waals surface area (Å²) < 4.78 is 14.7. The van der Waals surface area contributed by atoms with Crippen molar-refractivity contribution >= 4 is 11.6 Å². The van der Waals surface area contributed by atoms with E-state index < -0.39 is 0 Å². The van der Waals surface area contributed by atoms with Crippen LogP contribution in [0.2, 0.25) is 0 Å². The summed E-state index contributed by atoms with van der Waals surface area (Å²) in [6, 6.07) is 5.84. The van der Waals surface area contributed by atoms with Crippen LogP contribution in [0.5, 0.6) is 0 Å². The van der Waals surface area contributed by atoms with Crippen molar-refractivity contribution < 1.29 is 9.18 Å². The summed E-state index contributed by atoms with van der Waals surface area (Å²) in [7, 11) is 1.93. The molecule has 1 aromatic carbocycles. The van der Waals surface area contributed by atoms with Crippen molar-refractivity contribution in [1.82, 2.24) is 14.7 Å². The lowest BCUT2D eigenvalue weighted by Crippen LogP contribution is -2.27. The predicted octanol–water partition coefficient (Wildman–Crippen LogP) is 3.01. The van der Waals surface area contributed by atoms with E-state index in [0.717, 1.165) is 13.1 Å². The van der Waals surface area contributed by atoms with Crippen LogP contribution in [0.3, 0.4) is 0 Å². The molecule has 0 radical (unpaired) electrons. The third kappa shape index (κ3) is 4.25. The molecule has 5 nitrogen and oxygen atoms in total. The van der Waals surface area contributed by atoms with Gasteiger partial charge in [-0.15, -0.1) is 0 Å². The highest BCUT2D eigenvalue weighted by Crippen LogP contribution is 2.42. The smallest absolute Gasteiger partial charge is 0.225 e. The molecule has 134 valence electrons. The van der Waals surface area contributed by atoms with Gasteiger partial charge in [0.15, 0.2) is 0 Å². The Hall–Kier alpha value is -2.21. The van der Waals surface area contributed by atoms with Gasteiger partial charge in [-0.1, -0.05) is 13.8 Å². The standard InChI is InChI=1S/C19H25FN4O/c1-19(2)13-24(12-17(19)14-10-21-23(3)11-14)9-8-18(25)22-16-6-4-15(20)5-7-16/h4-7,10-11,17H,8-9,12-13H2,1-3H3,(H,22,25)/t17-/m1/s1. The van der Waals surface area contributed by atoms with Gasteiger partial charge in [-0.2, -0.15) is 5.10 Å². The molecule has 1 atom stereocenters. The van der Waals surface area contributed by atoms with E-state index in [0.29, 0.717) is 24.6 Å². The molecule has 0 bridgehead atoms. The van der Waals surface area contributed by atoms with E-state index in [-0.39, 0.29) is 17.1 Å². The minimum absolute atomic E-state index is 0.0470. The van der Waals surface area contributed by atoms with Crippen molar-refractivity contribution in [1.29, 1.82) is 0 Å². The lowest BCUT2D eigenvalue weighted by atomic mass is 9.79. The van der Waals surface area contributed by atoms with Gasteiger partial charge in [0.05, 0.1) is 6.20 Å². The first-order chi connectivity index (χ1) is 11.8. The van der Waals surface area contributed by atoms with E-state index in [9.17, 15) is 9.18 Å². The molecule has 0 aliphatic carbocycles. The molecule has 1 saturated heterocycles. The number of nitrogens with zero attached hydrogens (tertiary/aromatic N) is 3. The molecule has 0 spiro atoms. The van der Waals surface area contributed by atoms with E-state index in [4.69, 9.17) is 0 Å². The summed E-state index contributed by atoms with van der Waals surface area (Å²) in [5.41, 5.74) is 2.03. The number of anilines is 1. The van der Waals surface area contributed by atoms with E-state index in [1.807, 2.05) is 17.9 Å². The van der Waals surface area contributed by atoms with Crippen LogP contribution in [-0.4, -0.2) is 40.2 Å². The molecule has 1 aliphatic heterocycles. The Bertz CT molecular complexity index is 738. The number of amides is 1. The van der Waals surface area contributed by atoms with Crippen LogP contribution in [0.15, 0.2) is 36.7 Å². The van der Waals surface area contributed by atoms with Crippen molar-refractivity contribution in [3.63, 3.8) is 0 Å². The van der Waals surface area contributed by atoms with Gasteiger partial charge in [0, 0.05) is 50.9 Å². The second-order valence-electron chi connectivity index (χ2n) is 7.53. The van der Waals surface area contributed by atoms with E-state index >= 15 is 0 Å². The zero-order valence-corrected chi connectivity index (χ0v) is 15.0. The van der Waals surface area contributed by atoms with Crippen molar-refractivity contribution in [3.05, 3.63) is 48.0 Å². The van der Waals surface area contributed by atoms with Gasteiger partial charge in [-0.05, 0) is 35.2 Å². The molecule has 1 N–H and O–H groups in total. The number of rotatable bonds is 5. The third-order valence-corrected chi connectivity index (χ3v) is 4.93. The molecule has 6 heteroatoms. The van der Waals surface area contributed by atoms with Crippen LogP contribution in [0.25, 0.3) is 0 Å². The number of aryl methyl sites for hydroxylation is 1. The largest absolute Gasteiger partial charge is 0.326 e. The molecule has 1 amide bonds. The Balaban J connectivity index is 1.53. The van der Waals surface area contributed by atoms with E-state index in [2.05, 4.69) is 35.4 Å². The molecular formula is C19H25FN4O. The second kappa shape index (κ2) is 6.96. The predicted molar refractivity (Wildman–Crippen MR) is 95.8 cm³/mol. The number of aromatic nitrogens is 2. The average molecular weight is 344 g/mol. The number of likely N-dealkylation sites (tertiary alicyclic amines) is 1. The van der Waals surface area contributed by atoms with Crippen LogP contribution in [-0.2, 0) is 11.8 Å². The highest BCUT2D eigenvalue weighted by Gasteiger charge is 2.40. The van der Waals surface area contributed by atoms with Gasteiger partial charge in [-0.3, -0.25) is 9.48 Å². The monoisotopic (exact) mass is 344 g/mol. The van der Waals surface area contributed by atoms with Gasteiger partial charge in [0.25, 0.3) is 0 Å². The number of nitrogens with one attached hydrogen (secondary N) is 1. The maximum Gasteiger partial charge on any atom is 0.225 e. The molecular weight excluding hydrogens is 319 g/mol. The maximum atomic E-state index is 12.9. The lowest BCUT2D eigenvalue weighted by Gasteiger charge is -2.24. The number of carbonyl (C=O) groups excluding carboxylic acids is 1. The molecule has 0 unspecified atom stereocenters. The maximum absolute atomic E-state index is 12.9.